The molecular formula is C16H13Br2N3O3. The lowest BCUT2D eigenvalue weighted by molar-refractivity contribution is -0.136. The lowest BCUT2D eigenvalue weighted by Gasteiger charge is -2.05. The zero-order valence-electron chi connectivity index (χ0n) is 12.5. The van der Waals surface area contributed by atoms with Crippen molar-refractivity contribution in [2.75, 3.05) is 12.4 Å². The normalized spacial score (nSPS) is 10.5. The highest BCUT2D eigenvalue weighted by Gasteiger charge is 2.12. The fourth-order valence-electron chi connectivity index (χ4n) is 1.74. The maximum absolute atomic E-state index is 11.8. The van der Waals surface area contributed by atoms with Crippen LogP contribution in [0.2, 0.25) is 0 Å². The van der Waals surface area contributed by atoms with Gasteiger partial charge in [-0.2, -0.15) is 5.10 Å². The van der Waals surface area contributed by atoms with E-state index in [-0.39, 0.29) is 0 Å². The molecule has 0 radical (unpaired) electrons. The standard InChI is InChI=1S/C16H13Br2N3O3/c1-24-14-7-4-12(18)8-10(14)9-19-21-16(23)15(22)20-13-5-2-11(17)3-6-13/h2-9H,1H3,(H,20,22)(H,21,23). The number of halogens is 2. The highest BCUT2D eigenvalue weighted by atomic mass is 79.9. The fourth-order valence-corrected chi connectivity index (χ4v) is 2.38. The molecule has 0 heterocycles. The van der Waals surface area contributed by atoms with E-state index in [1.54, 1.807) is 36.4 Å². The topological polar surface area (TPSA) is 79.8 Å². The molecule has 2 amide bonds. The molecule has 2 rings (SSSR count). The van der Waals surface area contributed by atoms with Crippen molar-refractivity contribution >= 4 is 55.6 Å². The molecule has 0 aliphatic carbocycles. The number of hydrogen-bond acceptors (Lipinski definition) is 4. The summed E-state index contributed by atoms with van der Waals surface area (Å²) in [6.07, 6.45) is 1.40. The Hall–Kier alpha value is -2.19. The number of anilines is 1. The van der Waals surface area contributed by atoms with Gasteiger partial charge in [-0.25, -0.2) is 5.43 Å². The summed E-state index contributed by atoms with van der Waals surface area (Å²) in [7, 11) is 1.53. The van der Waals surface area contributed by atoms with Gasteiger partial charge in [0.1, 0.15) is 5.75 Å². The quantitative estimate of drug-likeness (QED) is 0.422. The average Bonchev–Trinajstić information content (AvgIpc) is 2.57. The van der Waals surface area contributed by atoms with Gasteiger partial charge in [0.05, 0.1) is 13.3 Å². The summed E-state index contributed by atoms with van der Waals surface area (Å²) < 4.78 is 6.90. The van der Waals surface area contributed by atoms with Crippen molar-refractivity contribution < 1.29 is 14.3 Å². The van der Waals surface area contributed by atoms with Gasteiger partial charge in [0.15, 0.2) is 0 Å². The predicted octanol–water partition coefficient (Wildman–Crippen LogP) is 3.31. The Bertz CT molecular complexity index is 777. The van der Waals surface area contributed by atoms with Crippen LogP contribution < -0.4 is 15.5 Å². The first-order valence-electron chi connectivity index (χ1n) is 6.73. The molecule has 8 heteroatoms. The van der Waals surface area contributed by atoms with Crippen molar-refractivity contribution in [1.82, 2.24) is 5.43 Å². The van der Waals surface area contributed by atoms with Crippen molar-refractivity contribution in [3.8, 4) is 5.75 Å². The number of nitrogens with zero attached hydrogens (tertiary/aromatic N) is 1. The summed E-state index contributed by atoms with van der Waals surface area (Å²) in [4.78, 5) is 23.5. The van der Waals surface area contributed by atoms with Crippen molar-refractivity contribution in [2.45, 2.75) is 0 Å². The molecule has 2 aromatic rings. The highest BCUT2D eigenvalue weighted by Crippen LogP contribution is 2.21. The van der Waals surface area contributed by atoms with E-state index in [2.05, 4.69) is 47.7 Å². The van der Waals surface area contributed by atoms with Crippen LogP contribution in [0.15, 0.2) is 56.5 Å². The number of amides is 2. The van der Waals surface area contributed by atoms with E-state index >= 15 is 0 Å². The van der Waals surface area contributed by atoms with Crippen LogP contribution in [0.4, 0.5) is 5.69 Å². The third-order valence-electron chi connectivity index (χ3n) is 2.87. The highest BCUT2D eigenvalue weighted by molar-refractivity contribution is 9.10. The lowest BCUT2D eigenvalue weighted by Crippen LogP contribution is -2.32. The Balaban J connectivity index is 1.96. The molecular weight excluding hydrogens is 442 g/mol. The van der Waals surface area contributed by atoms with Crippen LogP contribution in [0, 0.1) is 0 Å². The second-order valence-corrected chi connectivity index (χ2v) is 6.38. The zero-order valence-corrected chi connectivity index (χ0v) is 15.7. The van der Waals surface area contributed by atoms with Gasteiger partial charge >= 0.3 is 11.8 Å². The molecule has 24 heavy (non-hydrogen) atoms. The molecule has 0 aromatic heterocycles. The molecule has 0 unspecified atom stereocenters. The Labute approximate surface area is 155 Å². The number of benzene rings is 2. The van der Waals surface area contributed by atoms with Crippen LogP contribution in [0.3, 0.4) is 0 Å². The van der Waals surface area contributed by atoms with Crippen LogP contribution in [0.25, 0.3) is 0 Å². The van der Waals surface area contributed by atoms with Gasteiger partial charge in [-0.05, 0) is 42.5 Å². The second kappa shape index (κ2) is 8.60. The molecule has 124 valence electrons. The van der Waals surface area contributed by atoms with E-state index in [4.69, 9.17) is 4.74 Å². The molecule has 0 saturated carbocycles. The molecule has 0 bridgehead atoms. The molecule has 2 N–H and O–H groups in total. The second-order valence-electron chi connectivity index (χ2n) is 4.55. The lowest BCUT2D eigenvalue weighted by atomic mass is 10.2. The van der Waals surface area contributed by atoms with Gasteiger partial charge in [0.2, 0.25) is 0 Å². The third-order valence-corrected chi connectivity index (χ3v) is 3.89. The first kappa shape index (κ1) is 18.2. The van der Waals surface area contributed by atoms with Gasteiger partial charge in [0, 0.05) is 20.2 Å². The molecule has 2 aromatic carbocycles. The van der Waals surface area contributed by atoms with Crippen LogP contribution in [-0.2, 0) is 9.59 Å². The van der Waals surface area contributed by atoms with Crippen molar-refractivity contribution in [2.24, 2.45) is 5.10 Å². The third kappa shape index (κ3) is 5.17. The van der Waals surface area contributed by atoms with Crippen LogP contribution in [-0.4, -0.2) is 25.1 Å². The first-order valence-corrected chi connectivity index (χ1v) is 8.31. The van der Waals surface area contributed by atoms with E-state index in [0.29, 0.717) is 17.0 Å². The van der Waals surface area contributed by atoms with E-state index in [0.717, 1.165) is 8.95 Å². The Morgan fingerprint density at radius 2 is 1.71 bits per heavy atom. The number of carbonyl (C=O) groups excluding carboxylic acids is 2. The van der Waals surface area contributed by atoms with Crippen LogP contribution in [0.1, 0.15) is 5.56 Å². The van der Waals surface area contributed by atoms with E-state index in [9.17, 15) is 9.59 Å². The largest absolute Gasteiger partial charge is 0.496 e. The number of methoxy groups -OCH3 is 1. The summed E-state index contributed by atoms with van der Waals surface area (Å²) in [5.41, 5.74) is 3.34. The number of hydrogen-bond donors (Lipinski definition) is 2. The minimum atomic E-state index is -0.872. The summed E-state index contributed by atoms with van der Waals surface area (Å²) in [5.74, 6) is -1.09. The SMILES string of the molecule is COc1ccc(Br)cc1C=NNC(=O)C(=O)Nc1ccc(Br)cc1. The summed E-state index contributed by atoms with van der Waals surface area (Å²) in [5, 5.41) is 6.25. The minimum absolute atomic E-state index is 0.510. The van der Waals surface area contributed by atoms with Crippen LogP contribution >= 0.6 is 31.9 Å². The van der Waals surface area contributed by atoms with Crippen molar-refractivity contribution in [3.05, 3.63) is 57.0 Å². The number of ether oxygens (including phenoxy) is 1. The maximum atomic E-state index is 11.8. The predicted molar refractivity (Wildman–Crippen MR) is 99.2 cm³/mol. The monoisotopic (exact) mass is 453 g/mol. The van der Waals surface area contributed by atoms with Gasteiger partial charge < -0.3 is 10.1 Å². The Kier molecular flexibility index (Phi) is 6.51. The molecule has 6 nitrogen and oxygen atoms in total. The zero-order chi connectivity index (χ0) is 17.5. The van der Waals surface area contributed by atoms with Crippen molar-refractivity contribution in [3.63, 3.8) is 0 Å². The Morgan fingerprint density at radius 3 is 2.38 bits per heavy atom. The molecule has 0 aliphatic heterocycles. The van der Waals surface area contributed by atoms with Crippen LogP contribution in [0.5, 0.6) is 5.75 Å². The number of nitrogens with one attached hydrogen (secondary N) is 2. The first-order chi connectivity index (χ1) is 11.5. The maximum Gasteiger partial charge on any atom is 0.329 e. The number of rotatable bonds is 4. The van der Waals surface area contributed by atoms with E-state index < -0.39 is 11.8 Å². The minimum Gasteiger partial charge on any atom is -0.496 e. The summed E-state index contributed by atoms with van der Waals surface area (Å²) >= 11 is 6.63. The van der Waals surface area contributed by atoms with Gasteiger partial charge in [0.25, 0.3) is 0 Å². The van der Waals surface area contributed by atoms with Gasteiger partial charge in [-0.1, -0.05) is 31.9 Å². The number of hydrazone groups is 1. The molecule has 0 fully saturated rings. The molecule has 0 spiro atoms. The van der Waals surface area contributed by atoms with Gasteiger partial charge in [-0.3, -0.25) is 9.59 Å². The fraction of sp³-hybridized carbons (Fsp3) is 0.0625. The number of carbonyl (C=O) groups is 2. The Morgan fingerprint density at radius 1 is 1.04 bits per heavy atom. The summed E-state index contributed by atoms with van der Waals surface area (Å²) in [6, 6.07) is 12.2. The molecule has 0 aliphatic rings. The van der Waals surface area contributed by atoms with E-state index in [1.807, 2.05) is 6.07 Å². The molecule has 0 saturated heterocycles. The van der Waals surface area contributed by atoms with Crippen molar-refractivity contribution in [1.29, 1.82) is 0 Å². The van der Waals surface area contributed by atoms with Gasteiger partial charge in [-0.15, -0.1) is 0 Å². The van der Waals surface area contributed by atoms with E-state index in [1.165, 1.54) is 13.3 Å². The summed E-state index contributed by atoms with van der Waals surface area (Å²) in [6.45, 7) is 0. The average molecular weight is 455 g/mol. The molecule has 0 atom stereocenters. The smallest absolute Gasteiger partial charge is 0.329 e.